The number of nitrogens with zero attached hydrogens (tertiary/aromatic N) is 3. The highest BCUT2D eigenvalue weighted by Gasteiger charge is 2.14. The van der Waals surface area contributed by atoms with Gasteiger partial charge in [-0.05, 0) is 25.0 Å². The molecule has 2 amide bonds. The van der Waals surface area contributed by atoms with Gasteiger partial charge < -0.3 is 4.74 Å². The number of hydrogen-bond donors (Lipinski definition) is 3. The van der Waals surface area contributed by atoms with E-state index in [1.54, 1.807) is 0 Å². The van der Waals surface area contributed by atoms with Crippen molar-refractivity contribution in [3.05, 3.63) is 29.6 Å². The first kappa shape index (κ1) is 19.4. The average molecular weight is 360 g/mol. The van der Waals surface area contributed by atoms with Crippen molar-refractivity contribution in [3.8, 4) is 0 Å². The van der Waals surface area contributed by atoms with Crippen molar-refractivity contribution < 1.29 is 14.3 Å². The zero-order chi connectivity index (χ0) is 18.9. The Labute approximate surface area is 151 Å². The molecule has 9 nitrogen and oxygen atoms in total. The third kappa shape index (κ3) is 5.27. The monoisotopic (exact) mass is 360 g/mol. The summed E-state index contributed by atoms with van der Waals surface area (Å²) in [6, 6.07) is 4.23. The standard InChI is InChI=1S/C17H24N6O3/c1-4-6-7-11(5-2)13-10-15(23-21-13)19-17(25)18-14-9-8-12(20-22-14)16(24)26-3/h8-11H,4-7H2,1-3H3,(H3,18,19,21,22,23,25). The largest absolute Gasteiger partial charge is 0.464 e. The van der Waals surface area contributed by atoms with E-state index in [1.165, 1.54) is 19.2 Å². The molecule has 0 bridgehead atoms. The normalized spacial score (nSPS) is 11.7. The summed E-state index contributed by atoms with van der Waals surface area (Å²) in [6.45, 7) is 4.30. The predicted octanol–water partition coefficient (Wildman–Crippen LogP) is 3.31. The summed E-state index contributed by atoms with van der Waals surface area (Å²) in [5.41, 5.74) is 1.08. The number of aromatic nitrogens is 4. The number of aromatic amines is 1. The van der Waals surface area contributed by atoms with Crippen LogP contribution in [0.4, 0.5) is 16.4 Å². The van der Waals surface area contributed by atoms with E-state index in [9.17, 15) is 9.59 Å². The maximum Gasteiger partial charge on any atom is 0.358 e. The number of urea groups is 1. The Morgan fingerprint density at radius 3 is 2.58 bits per heavy atom. The molecular formula is C17H24N6O3. The lowest BCUT2D eigenvalue weighted by Gasteiger charge is -2.11. The predicted molar refractivity (Wildman–Crippen MR) is 97.2 cm³/mol. The highest BCUT2D eigenvalue weighted by Crippen LogP contribution is 2.25. The van der Waals surface area contributed by atoms with Gasteiger partial charge in [-0.2, -0.15) is 5.10 Å². The molecule has 2 heterocycles. The molecule has 0 saturated carbocycles. The molecule has 9 heteroatoms. The number of rotatable bonds is 8. The van der Waals surface area contributed by atoms with E-state index < -0.39 is 12.0 Å². The molecule has 0 radical (unpaired) electrons. The van der Waals surface area contributed by atoms with Crippen molar-refractivity contribution in [2.24, 2.45) is 0 Å². The van der Waals surface area contributed by atoms with Gasteiger partial charge in [-0.3, -0.25) is 15.7 Å². The average Bonchev–Trinajstić information content (AvgIpc) is 3.10. The van der Waals surface area contributed by atoms with Crippen molar-refractivity contribution in [2.45, 2.75) is 45.4 Å². The Kier molecular flexibility index (Phi) is 7.07. The van der Waals surface area contributed by atoms with Crippen LogP contribution in [0, 0.1) is 0 Å². The number of carbonyl (C=O) groups is 2. The number of carbonyl (C=O) groups excluding carboxylic acids is 2. The van der Waals surface area contributed by atoms with E-state index in [0.29, 0.717) is 11.7 Å². The number of anilines is 2. The molecule has 0 spiro atoms. The Bertz CT molecular complexity index is 728. The fourth-order valence-corrected chi connectivity index (χ4v) is 2.52. The second kappa shape index (κ2) is 9.50. The van der Waals surface area contributed by atoms with Gasteiger partial charge in [-0.25, -0.2) is 9.59 Å². The van der Waals surface area contributed by atoms with E-state index >= 15 is 0 Å². The summed E-state index contributed by atoms with van der Waals surface area (Å²) >= 11 is 0. The van der Waals surface area contributed by atoms with Crippen molar-refractivity contribution in [1.29, 1.82) is 0 Å². The molecule has 2 aromatic rings. The van der Waals surface area contributed by atoms with E-state index in [-0.39, 0.29) is 11.5 Å². The SMILES string of the molecule is CCCCC(CC)c1cc(NC(=O)Nc2ccc(C(=O)OC)nn2)n[nH]1. The van der Waals surface area contributed by atoms with E-state index in [1.807, 2.05) is 6.07 Å². The first-order valence-corrected chi connectivity index (χ1v) is 8.62. The second-order valence-electron chi connectivity index (χ2n) is 5.83. The van der Waals surface area contributed by atoms with Crippen LogP contribution in [0.15, 0.2) is 18.2 Å². The molecule has 3 N–H and O–H groups in total. The fraction of sp³-hybridized carbons (Fsp3) is 0.471. The van der Waals surface area contributed by atoms with Crippen molar-refractivity contribution >= 4 is 23.6 Å². The minimum absolute atomic E-state index is 0.0630. The number of esters is 1. The molecule has 0 aromatic carbocycles. The fourth-order valence-electron chi connectivity index (χ4n) is 2.52. The zero-order valence-electron chi connectivity index (χ0n) is 15.2. The zero-order valence-corrected chi connectivity index (χ0v) is 15.2. The minimum Gasteiger partial charge on any atom is -0.464 e. The molecule has 140 valence electrons. The molecule has 0 fully saturated rings. The van der Waals surface area contributed by atoms with E-state index in [2.05, 4.69) is 49.6 Å². The first-order chi connectivity index (χ1) is 12.6. The topological polar surface area (TPSA) is 122 Å². The lowest BCUT2D eigenvalue weighted by atomic mass is 9.96. The van der Waals surface area contributed by atoms with Gasteiger partial charge in [0.25, 0.3) is 0 Å². The maximum absolute atomic E-state index is 12.0. The third-order valence-electron chi connectivity index (χ3n) is 3.98. The van der Waals surface area contributed by atoms with Gasteiger partial charge in [-0.1, -0.05) is 26.7 Å². The highest BCUT2D eigenvalue weighted by molar-refractivity contribution is 5.98. The molecule has 26 heavy (non-hydrogen) atoms. The van der Waals surface area contributed by atoms with Crippen LogP contribution < -0.4 is 10.6 Å². The lowest BCUT2D eigenvalue weighted by Crippen LogP contribution is -2.21. The summed E-state index contributed by atoms with van der Waals surface area (Å²) < 4.78 is 4.54. The smallest absolute Gasteiger partial charge is 0.358 e. The van der Waals surface area contributed by atoms with Crippen LogP contribution in [0.1, 0.15) is 61.6 Å². The lowest BCUT2D eigenvalue weighted by molar-refractivity contribution is 0.0593. The molecular weight excluding hydrogens is 336 g/mol. The summed E-state index contributed by atoms with van der Waals surface area (Å²) in [5.74, 6) is 0.454. The Morgan fingerprint density at radius 1 is 1.19 bits per heavy atom. The summed E-state index contributed by atoms with van der Waals surface area (Å²) in [6.07, 6.45) is 4.40. The molecule has 2 rings (SSSR count). The summed E-state index contributed by atoms with van der Waals surface area (Å²) in [7, 11) is 1.26. The van der Waals surface area contributed by atoms with Crippen molar-refractivity contribution in [3.63, 3.8) is 0 Å². The van der Waals surface area contributed by atoms with Gasteiger partial charge in [0.1, 0.15) is 0 Å². The molecule has 1 atom stereocenters. The van der Waals surface area contributed by atoms with Crippen LogP contribution in [0.3, 0.4) is 0 Å². The number of amides is 2. The van der Waals surface area contributed by atoms with Gasteiger partial charge in [-0.15, -0.1) is 10.2 Å². The number of unbranched alkanes of at least 4 members (excludes halogenated alkanes) is 1. The molecule has 0 aliphatic rings. The van der Waals surface area contributed by atoms with Crippen LogP contribution in [0.2, 0.25) is 0 Å². The van der Waals surface area contributed by atoms with E-state index in [4.69, 9.17) is 0 Å². The quantitative estimate of drug-likeness (QED) is 0.621. The van der Waals surface area contributed by atoms with Crippen LogP contribution in [0.5, 0.6) is 0 Å². The van der Waals surface area contributed by atoms with E-state index in [0.717, 1.165) is 31.4 Å². The molecule has 0 saturated heterocycles. The van der Waals surface area contributed by atoms with Crippen molar-refractivity contribution in [1.82, 2.24) is 20.4 Å². The van der Waals surface area contributed by atoms with Gasteiger partial charge >= 0.3 is 12.0 Å². The van der Waals surface area contributed by atoms with Crippen molar-refractivity contribution in [2.75, 3.05) is 17.7 Å². The number of hydrogen-bond acceptors (Lipinski definition) is 6. The van der Waals surface area contributed by atoms with Crippen LogP contribution in [-0.4, -0.2) is 39.5 Å². The number of H-pyrrole nitrogens is 1. The Morgan fingerprint density at radius 2 is 1.96 bits per heavy atom. The third-order valence-corrected chi connectivity index (χ3v) is 3.98. The van der Waals surface area contributed by atoms with Crippen LogP contribution in [-0.2, 0) is 4.74 Å². The molecule has 2 aromatic heterocycles. The summed E-state index contributed by atoms with van der Waals surface area (Å²) in [4.78, 5) is 23.3. The van der Waals surface area contributed by atoms with Crippen LogP contribution in [0.25, 0.3) is 0 Å². The second-order valence-corrected chi connectivity index (χ2v) is 5.83. The number of ether oxygens (including phenoxy) is 1. The highest BCUT2D eigenvalue weighted by atomic mass is 16.5. The van der Waals surface area contributed by atoms with Gasteiger partial charge in [0.2, 0.25) is 0 Å². The maximum atomic E-state index is 12.0. The molecule has 0 aliphatic carbocycles. The number of nitrogens with one attached hydrogen (secondary N) is 3. The van der Waals surface area contributed by atoms with Crippen LogP contribution >= 0.6 is 0 Å². The van der Waals surface area contributed by atoms with Gasteiger partial charge in [0.15, 0.2) is 17.3 Å². The Balaban J connectivity index is 1.92. The Hall–Kier alpha value is -2.97. The first-order valence-electron chi connectivity index (χ1n) is 8.62. The van der Waals surface area contributed by atoms with Gasteiger partial charge in [0, 0.05) is 17.7 Å². The number of methoxy groups -OCH3 is 1. The molecule has 0 aliphatic heterocycles. The summed E-state index contributed by atoms with van der Waals surface area (Å²) in [5, 5.41) is 19.7. The minimum atomic E-state index is -0.592. The van der Waals surface area contributed by atoms with Gasteiger partial charge in [0.05, 0.1) is 7.11 Å². The molecule has 1 unspecified atom stereocenters.